The summed E-state index contributed by atoms with van der Waals surface area (Å²) in [6.07, 6.45) is -38.3. The van der Waals surface area contributed by atoms with Crippen LogP contribution in [0.2, 0.25) is 0 Å². The third kappa shape index (κ3) is 11.6. The summed E-state index contributed by atoms with van der Waals surface area (Å²) >= 11 is 0. The number of halogens is 51. The van der Waals surface area contributed by atoms with Gasteiger partial charge in [-0.3, -0.25) is 13.6 Å². The van der Waals surface area contributed by atoms with Crippen LogP contribution in [0.4, 0.5) is 224 Å². The molecule has 0 aliphatic rings. The van der Waals surface area contributed by atoms with Gasteiger partial charge in [-0.15, -0.1) is 0 Å². The molecule has 0 unspecified atom stereocenters. The summed E-state index contributed by atoms with van der Waals surface area (Å²) in [5.74, 6) is -190. The molecule has 0 aromatic heterocycles. The Kier molecular flexibility index (Phi) is 21.0. The van der Waals surface area contributed by atoms with Gasteiger partial charge in [-0.25, -0.2) is 4.57 Å². The lowest BCUT2D eigenvalue weighted by Crippen LogP contribution is -2.74. The van der Waals surface area contributed by atoms with Crippen molar-refractivity contribution in [3.8, 4) is 0 Å². The number of rotatable bonds is 30. The Labute approximate surface area is 433 Å². The molecule has 518 valence electrons. The van der Waals surface area contributed by atoms with E-state index in [1.165, 1.54) is 0 Å². The van der Waals surface area contributed by atoms with E-state index in [-0.39, 0.29) is 0 Å². The van der Waals surface area contributed by atoms with Crippen molar-refractivity contribution in [2.45, 2.75) is 162 Å². The van der Waals surface area contributed by atoms with E-state index in [0.29, 0.717) is 0 Å². The molecule has 0 atom stereocenters. The zero-order chi connectivity index (χ0) is 70.9. The summed E-state index contributed by atoms with van der Waals surface area (Å²) in [5, 5.41) is 0. The van der Waals surface area contributed by atoms with Crippen LogP contribution in [0.25, 0.3) is 0 Å². The van der Waals surface area contributed by atoms with Gasteiger partial charge in [0.15, 0.2) is 0 Å². The van der Waals surface area contributed by atoms with Gasteiger partial charge in [0.1, 0.15) is 0 Å². The van der Waals surface area contributed by atoms with Crippen LogP contribution in [0.1, 0.15) is 19.3 Å². The first-order chi connectivity index (χ1) is 36.4. The lowest BCUT2D eigenvalue weighted by molar-refractivity contribution is -0.462. The van der Waals surface area contributed by atoms with Crippen molar-refractivity contribution in [2.24, 2.45) is 0 Å². The molecule has 0 aromatic carbocycles. The topological polar surface area (TPSA) is 44.8 Å². The summed E-state index contributed by atoms with van der Waals surface area (Å²) in [7, 11) is -8.07. The molecule has 0 aliphatic heterocycles. The maximum atomic E-state index is 14.4. The first-order valence-electron chi connectivity index (χ1n) is 19.0. The van der Waals surface area contributed by atoms with Crippen LogP contribution < -0.4 is 0 Å². The van der Waals surface area contributed by atoms with Crippen molar-refractivity contribution in [1.29, 1.82) is 0 Å². The van der Waals surface area contributed by atoms with E-state index in [9.17, 15) is 228 Å². The van der Waals surface area contributed by atoms with Crippen LogP contribution in [-0.4, -0.2) is 163 Å². The zero-order valence-electron chi connectivity index (χ0n) is 37.6. The number of hydrogen-bond donors (Lipinski definition) is 0. The quantitative estimate of drug-likeness (QED) is 0.0531. The van der Waals surface area contributed by atoms with Crippen molar-refractivity contribution in [3.05, 3.63) is 0 Å². The van der Waals surface area contributed by atoms with Gasteiger partial charge in [-0.05, 0) is 0 Å². The Morgan fingerprint density at radius 3 is 0.395 bits per heavy atom. The predicted molar refractivity (Wildman–Crippen MR) is 161 cm³/mol. The van der Waals surface area contributed by atoms with E-state index in [4.69, 9.17) is 0 Å². The minimum absolute atomic E-state index is 2.97. The first-order valence-corrected chi connectivity index (χ1v) is 20.5. The fraction of sp³-hybridized carbons (Fsp3) is 1.00. The lowest BCUT2D eigenvalue weighted by atomic mass is 9.88. The van der Waals surface area contributed by atoms with E-state index in [1.54, 1.807) is 0 Å². The first kappa shape index (κ1) is 82.5. The maximum absolute atomic E-state index is 14.4. The van der Waals surface area contributed by atoms with Crippen LogP contribution in [-0.2, 0) is 18.1 Å². The van der Waals surface area contributed by atoms with Gasteiger partial charge >= 0.3 is 151 Å². The largest absolute Gasteiger partial charge is 0.474 e. The maximum Gasteiger partial charge on any atom is 0.474 e. The molecule has 0 amide bonds. The normalized spacial score (nSPS) is 17.0. The Bertz CT molecular complexity index is 2130. The molecule has 0 aromatic rings. The number of phosphoric ester groups is 1. The molecule has 0 saturated carbocycles. The molecule has 0 spiro atoms. The summed E-state index contributed by atoms with van der Waals surface area (Å²) in [6, 6.07) is 0. The van der Waals surface area contributed by atoms with Gasteiger partial charge in [-0.2, -0.15) is 224 Å². The van der Waals surface area contributed by atoms with E-state index >= 15 is 0 Å². The van der Waals surface area contributed by atoms with E-state index < -0.39 is 190 Å². The third-order valence-electron chi connectivity index (χ3n) is 10.4. The second kappa shape index (κ2) is 21.9. The van der Waals surface area contributed by atoms with Crippen LogP contribution in [0.5, 0.6) is 0 Å². The van der Waals surface area contributed by atoms with E-state index in [0.717, 1.165) is 0 Å². The lowest BCUT2D eigenvalue weighted by Gasteiger charge is -2.43. The fourth-order valence-electron chi connectivity index (χ4n) is 5.03. The summed E-state index contributed by atoms with van der Waals surface area (Å²) in [6.45, 7) is -11.6. The van der Waals surface area contributed by atoms with Crippen molar-refractivity contribution >= 4 is 7.82 Å². The number of phosphoric acid groups is 1. The second-order valence-electron chi connectivity index (χ2n) is 16.1. The van der Waals surface area contributed by atoms with E-state index in [1.807, 2.05) is 0 Å². The monoisotopic (exact) mass is 1440 g/mol. The molecule has 0 rings (SSSR count). The molecule has 0 saturated heterocycles. The summed E-state index contributed by atoms with van der Waals surface area (Å²) in [5.41, 5.74) is 0. The molecule has 4 nitrogen and oxygen atoms in total. The van der Waals surface area contributed by atoms with Crippen LogP contribution >= 0.6 is 7.82 Å². The molecule has 86 heavy (non-hydrogen) atoms. The molecule has 0 bridgehead atoms. The highest BCUT2D eigenvalue weighted by Crippen LogP contribution is 2.69. The molecule has 0 radical (unpaired) electrons. The summed E-state index contributed by atoms with van der Waals surface area (Å²) < 4.78 is 713. The van der Waals surface area contributed by atoms with Gasteiger partial charge in [-0.1, -0.05) is 0 Å². The number of alkyl halides is 51. The van der Waals surface area contributed by atoms with Crippen LogP contribution in [0, 0.1) is 0 Å². The second-order valence-corrected chi connectivity index (χ2v) is 17.8. The predicted octanol–water partition coefficient (Wildman–Crippen LogP) is 18.3. The van der Waals surface area contributed by atoms with Crippen LogP contribution in [0.3, 0.4) is 0 Å². The molecular weight excluding hydrogens is 1420 g/mol. The smallest absolute Gasteiger partial charge is 0.287 e. The molecule has 0 heterocycles. The van der Waals surface area contributed by atoms with Crippen molar-refractivity contribution in [1.82, 2.24) is 0 Å². The molecule has 0 N–H and O–H groups in total. The Hall–Kier alpha value is -3.46. The molecule has 0 fully saturated rings. The minimum atomic E-state index is -9.52. The Morgan fingerprint density at radius 2 is 0.279 bits per heavy atom. The highest BCUT2D eigenvalue weighted by Gasteiger charge is 2.98. The fourth-order valence-corrected chi connectivity index (χ4v) is 6.20. The number of hydrogen-bond acceptors (Lipinski definition) is 4. The standard InChI is InChI=1S/C30H12F51O4P/c31-7(32,10(37,38)13(43,44)16(49,50)19(55,56)22(61,62)25(67,68)28(73,74)75)1-4-83-86(82,84-5-2-8(33,34)11(39,40)14(45,46)17(51,52)20(57,58)23(63,64)26(69,70)29(76,77)78)85-6-3-9(35,36)12(41,42)15(47,48)18(53,54)21(59,60)24(65,66)27(71,72)30(79,80)81/h1-6H2. The average molecular weight is 1440 g/mol. The van der Waals surface area contributed by atoms with Gasteiger partial charge in [0.2, 0.25) is 0 Å². The summed E-state index contributed by atoms with van der Waals surface area (Å²) in [4.78, 5) is 0. The Morgan fingerprint density at radius 1 is 0.174 bits per heavy atom. The molecule has 0 aliphatic carbocycles. The van der Waals surface area contributed by atoms with Gasteiger partial charge < -0.3 is 0 Å². The zero-order valence-corrected chi connectivity index (χ0v) is 38.5. The van der Waals surface area contributed by atoms with Crippen molar-refractivity contribution in [3.63, 3.8) is 0 Å². The van der Waals surface area contributed by atoms with Crippen LogP contribution in [0.15, 0.2) is 0 Å². The van der Waals surface area contributed by atoms with Gasteiger partial charge in [0.05, 0.1) is 19.8 Å². The Balaban J connectivity index is 7.81. The minimum Gasteiger partial charge on any atom is -0.287 e. The van der Waals surface area contributed by atoms with Gasteiger partial charge in [0.25, 0.3) is 0 Å². The molecular formula is C30H12F51O4P. The van der Waals surface area contributed by atoms with Crippen molar-refractivity contribution < 1.29 is 242 Å². The van der Waals surface area contributed by atoms with Gasteiger partial charge in [0, 0.05) is 19.3 Å². The average Bonchev–Trinajstić information content (AvgIpc) is 3.26. The van der Waals surface area contributed by atoms with E-state index in [2.05, 4.69) is 13.6 Å². The van der Waals surface area contributed by atoms with Crippen molar-refractivity contribution in [2.75, 3.05) is 19.8 Å². The molecule has 56 heteroatoms. The highest BCUT2D eigenvalue weighted by atomic mass is 31.2. The highest BCUT2D eigenvalue weighted by molar-refractivity contribution is 7.48. The third-order valence-corrected chi connectivity index (χ3v) is 11.9. The SMILES string of the molecule is O=P(OCCC(F)(F)C(F)(F)C(F)(F)C(F)(F)C(F)(F)C(F)(F)C(F)(F)C(F)(F)F)(OCCC(F)(F)C(F)(F)C(F)(F)C(F)(F)C(F)(F)C(F)(F)C(F)(F)C(F)(F)F)OCCC(F)(F)C(F)(F)C(F)(F)C(F)(F)C(F)(F)C(F)(F)C(F)(F)C(F)(F)F.